The first kappa shape index (κ1) is 91.8. The zero-order chi connectivity index (χ0) is 71.5. The molecule has 8 fully saturated rings. The molecule has 0 bridgehead atoms. The molecule has 8 saturated heterocycles. The lowest BCUT2D eigenvalue weighted by atomic mass is 9.15. The maximum atomic E-state index is 8.77. The summed E-state index contributed by atoms with van der Waals surface area (Å²) in [5.41, 5.74) is 1.48. The second-order valence-corrected chi connectivity index (χ2v) is 37.0. The average Bonchev–Trinajstić information content (AvgIpc) is 1.94. The molecule has 9 aliphatic rings. The monoisotopic (exact) mass is 1360 g/mol. The maximum Gasteiger partial charge on any atom is 0.168 e. The van der Waals surface area contributed by atoms with Gasteiger partial charge >= 0.3 is 0 Å². The van der Waals surface area contributed by atoms with Crippen molar-refractivity contribution in [3.8, 4) is 5.75 Å². The van der Waals surface area contributed by atoms with Crippen molar-refractivity contribution in [3.05, 3.63) is 29.8 Å². The average molecular weight is 1360 g/mol. The number of aliphatic hydroxyl groups is 2. The van der Waals surface area contributed by atoms with Gasteiger partial charge in [0.25, 0.3) is 0 Å². The molecule has 3 atom stereocenters. The summed E-state index contributed by atoms with van der Waals surface area (Å²) < 4.78 is 35.1. The third-order valence-corrected chi connectivity index (χ3v) is 31.8. The SMILES string of the molecule is CC[B-]1(CC)CC(C)CC(C)C1.CC[B-]1(CC)CCCC1.CC[B-]1(CC)CCCCCO1.CC[B-]1(CC)CCCCO1.CC[B-]1(CC)CCCO1.CC[B-]1(CC)CCCS1.CC[B-]1(CC)C[C@H](C)CO1.CC[B-]1(CC)Cc2ccccc2O1.OCCC[B-]1(CCCO)CCCO1. The van der Waals surface area contributed by atoms with Gasteiger partial charge in [0.15, 0.2) is 6.35 Å². The second-order valence-electron chi connectivity index (χ2n) is 35.2. The van der Waals surface area contributed by atoms with E-state index in [0.717, 1.165) is 114 Å². The van der Waals surface area contributed by atoms with Crippen molar-refractivity contribution in [3.63, 3.8) is 0 Å². The summed E-state index contributed by atoms with van der Waals surface area (Å²) in [6.07, 6.45) is 52.6. The van der Waals surface area contributed by atoms with Crippen molar-refractivity contribution in [1.29, 1.82) is 0 Å². The molecule has 0 spiro atoms. The van der Waals surface area contributed by atoms with Gasteiger partial charge in [0.05, 0.1) is 11.2 Å². The lowest BCUT2D eigenvalue weighted by Crippen LogP contribution is -2.40. The molecule has 2 N–H and O–H groups in total. The van der Waals surface area contributed by atoms with Crippen LogP contribution in [0.2, 0.25) is 177 Å². The van der Waals surface area contributed by atoms with Crippen LogP contribution in [0.15, 0.2) is 24.3 Å². The highest BCUT2D eigenvalue weighted by Gasteiger charge is 2.34. The van der Waals surface area contributed by atoms with Crippen molar-refractivity contribution in [1.82, 2.24) is 0 Å². The van der Waals surface area contributed by atoms with E-state index >= 15 is 0 Å². The van der Waals surface area contributed by atoms with Crippen LogP contribution in [-0.2, 0) is 29.6 Å². The van der Waals surface area contributed by atoms with E-state index in [1.165, 1.54) is 208 Å². The fourth-order valence-electron chi connectivity index (χ4n) is 20.5. The second kappa shape index (κ2) is 49.4. The Bertz CT molecular complexity index is 1880. The Morgan fingerprint density at radius 2 is 0.781 bits per heavy atom. The summed E-state index contributed by atoms with van der Waals surface area (Å²) in [5.74, 6) is 5.34. The molecular weight excluding hydrogens is 1190 g/mol. The van der Waals surface area contributed by atoms with Crippen molar-refractivity contribution in [2.75, 3.05) is 52.0 Å². The number of fused-ring (bicyclic) bond motifs is 1. The van der Waals surface area contributed by atoms with Crippen LogP contribution in [0.25, 0.3) is 0 Å². The third-order valence-electron chi connectivity index (χ3n) is 29.6. The van der Waals surface area contributed by atoms with E-state index in [2.05, 4.69) is 167 Å². The number of benzene rings is 1. The van der Waals surface area contributed by atoms with E-state index in [1.807, 2.05) is 0 Å². The number of hydrogen-bond acceptors (Lipinski definition) is 9. The van der Waals surface area contributed by atoms with Crippen LogP contribution in [-0.4, -0.2) is 118 Å². The quantitative estimate of drug-likeness (QED) is 0.110. The van der Waals surface area contributed by atoms with Gasteiger partial charge in [-0.05, 0) is 63.3 Å². The van der Waals surface area contributed by atoms with Crippen molar-refractivity contribution < 1.29 is 38.1 Å². The van der Waals surface area contributed by atoms with Crippen molar-refractivity contribution >= 4 is 67.4 Å². The number of hydrogen-bond donors (Lipinski definition) is 2. The van der Waals surface area contributed by atoms with Crippen molar-refractivity contribution in [2.24, 2.45) is 17.8 Å². The molecule has 18 heteroatoms. The summed E-state index contributed by atoms with van der Waals surface area (Å²) in [6.45, 7) is 49.4. The van der Waals surface area contributed by atoms with Crippen LogP contribution in [0.5, 0.6) is 5.75 Å². The van der Waals surface area contributed by atoms with Crippen LogP contribution >= 0.6 is 11.6 Å². The van der Waals surface area contributed by atoms with Crippen LogP contribution in [0, 0.1) is 17.8 Å². The van der Waals surface area contributed by atoms with Gasteiger partial charge in [-0.15, -0.1) is 25.3 Å². The molecule has 2 unspecified atom stereocenters. The van der Waals surface area contributed by atoms with Crippen molar-refractivity contribution in [2.45, 2.75) is 398 Å². The molecule has 0 amide bonds. The molecule has 0 aromatic heterocycles. The summed E-state index contributed by atoms with van der Waals surface area (Å²) in [7, 11) is 0. The fourth-order valence-corrected chi connectivity index (χ4v) is 22.1. The number of rotatable bonds is 22. The predicted octanol–water partition coefficient (Wildman–Crippen LogP) is 25.8. The molecule has 1 aromatic carbocycles. The van der Waals surface area contributed by atoms with E-state index in [9.17, 15) is 0 Å². The first-order chi connectivity index (χ1) is 46.1. The molecule has 96 heavy (non-hydrogen) atoms. The summed E-state index contributed by atoms with van der Waals surface area (Å²) in [5, 5.41) is 17.5. The van der Waals surface area contributed by atoms with Crippen LogP contribution < -0.4 is 4.65 Å². The van der Waals surface area contributed by atoms with Gasteiger partial charge in [-0.2, -0.15) is 158 Å². The highest BCUT2D eigenvalue weighted by molar-refractivity contribution is 8.29. The lowest BCUT2D eigenvalue weighted by Gasteiger charge is -2.47. The Morgan fingerprint density at radius 3 is 1.11 bits per heavy atom. The third kappa shape index (κ3) is 31.2. The number of para-hydroxylation sites is 1. The first-order valence-electron chi connectivity index (χ1n) is 43.7. The molecule has 9 aliphatic heterocycles. The Hall–Kier alpha value is -0.326. The summed E-state index contributed by atoms with van der Waals surface area (Å²) in [4.78, 5) is 0. The molecule has 568 valence electrons. The van der Waals surface area contributed by atoms with Gasteiger partial charge in [0.1, 0.15) is 31.7 Å². The smallest absolute Gasteiger partial charge is 0.168 e. The van der Waals surface area contributed by atoms with E-state index in [1.54, 1.807) is 12.6 Å². The topological polar surface area (TPSA) is 95.8 Å². The highest BCUT2D eigenvalue weighted by atomic mass is 32.2. The molecule has 0 radical (unpaired) electrons. The molecule has 8 nitrogen and oxygen atoms in total. The Morgan fingerprint density at radius 1 is 0.375 bits per heavy atom. The highest BCUT2D eigenvalue weighted by Crippen LogP contribution is 2.43. The summed E-state index contributed by atoms with van der Waals surface area (Å²) in [6, 6.07) is 8.42. The van der Waals surface area contributed by atoms with Gasteiger partial charge in [0, 0.05) is 25.5 Å². The molecule has 0 aliphatic carbocycles. The fraction of sp³-hybridized carbons (Fsp3) is 0.923. The normalized spacial score (nSPS) is 25.2. The maximum absolute atomic E-state index is 8.77. The first-order valence-corrected chi connectivity index (χ1v) is 44.8. The van der Waals surface area contributed by atoms with Gasteiger partial charge in [0.2, 0.25) is 0 Å². The number of aliphatic hydroxyl groups excluding tert-OH is 2. The van der Waals surface area contributed by atoms with Crippen LogP contribution in [0.4, 0.5) is 0 Å². The van der Waals surface area contributed by atoms with Gasteiger partial charge in [-0.3, -0.25) is 0 Å². The minimum absolute atomic E-state index is 0.0475. The Kier molecular flexibility index (Phi) is 47.2. The molecule has 9 heterocycles. The van der Waals surface area contributed by atoms with Gasteiger partial charge in [-0.1, -0.05) is 238 Å². The predicted molar refractivity (Wildman–Crippen MR) is 452 cm³/mol. The Labute approximate surface area is 605 Å². The minimum atomic E-state index is -0.685. The zero-order valence-corrected chi connectivity index (χ0v) is 69.2. The molecular formula is C78H166B9O8S-9. The summed E-state index contributed by atoms with van der Waals surface area (Å²) >= 11 is 2.25. The zero-order valence-electron chi connectivity index (χ0n) is 68.3. The standard InChI is InChI=1S/C11H16BO.C11H24B.C9H20BO3.C9H20BO.2C8H18BO.C8H18B.C7H16BO.C7H16BS/c1-3-12(4-2)9-10-7-5-6-8-11(10)13-12;1-5-12(6-2)8-10(3)7-11(4)9-12;11-7-1-4-10(5-2-8-12)6-3-9-13-10;1-3-10(4-2)8-6-5-7-9-11-10;1-4-9(5-2)6-8(3)7-10-9;1-3-9(4-2)7-5-6-8-10-9;1-3-9(4-2)7-5-6-8-9;2*1-3-8(4-2)6-5-7-9-8/h5-8H,3-4,9H2,1-2H3;10-11H,5-9H2,1-4H3;11-12H,1-9H2;3-9H2,1-2H3;8H,4-7H2,1-3H3;3-8H2,1-2H3;3-8H2,1-2H3;2*3-7H2,1-2H3/q9*-1/t;;;;8-;;;;/m....0..../s1. The molecule has 0 saturated carbocycles. The van der Waals surface area contributed by atoms with E-state index in [0.29, 0.717) is 0 Å². The van der Waals surface area contributed by atoms with Crippen LogP contribution in [0.1, 0.15) is 221 Å². The Balaban J connectivity index is 0.000000369. The van der Waals surface area contributed by atoms with Gasteiger partial charge < -0.3 is 49.8 Å². The minimum Gasteiger partial charge on any atom is -0.713 e. The molecule has 1 aromatic rings. The largest absolute Gasteiger partial charge is 0.713 e. The van der Waals surface area contributed by atoms with E-state index < -0.39 is 19.0 Å². The lowest BCUT2D eigenvalue weighted by molar-refractivity contribution is 0.267. The van der Waals surface area contributed by atoms with Gasteiger partial charge in [-0.25, -0.2) is 0 Å². The molecule has 10 rings (SSSR count). The van der Waals surface area contributed by atoms with E-state index in [4.69, 9.17) is 38.1 Å². The van der Waals surface area contributed by atoms with E-state index in [-0.39, 0.29) is 50.0 Å². The van der Waals surface area contributed by atoms with Crippen LogP contribution in [0.3, 0.4) is 0 Å².